The van der Waals surface area contributed by atoms with Gasteiger partial charge in [-0.15, -0.1) is 11.8 Å². The Morgan fingerprint density at radius 2 is 2.05 bits per heavy atom. The Bertz CT molecular complexity index is 454. The molecule has 19 heavy (non-hydrogen) atoms. The quantitative estimate of drug-likeness (QED) is 0.790. The minimum atomic E-state index is -0.404. The van der Waals surface area contributed by atoms with Gasteiger partial charge in [-0.1, -0.05) is 34.1 Å². The maximum Gasteiger partial charge on any atom is 0.230 e. The van der Waals surface area contributed by atoms with Gasteiger partial charge in [0, 0.05) is 10.5 Å². The number of hydrogen-bond acceptors (Lipinski definition) is 3. The molecular formula is C13H17BrN2O2S. The molecule has 4 nitrogen and oxygen atoms in total. The molecule has 0 aliphatic heterocycles. The van der Waals surface area contributed by atoms with Crippen molar-refractivity contribution in [2.24, 2.45) is 5.73 Å². The molecule has 0 radical (unpaired) electrons. The summed E-state index contributed by atoms with van der Waals surface area (Å²) in [6.45, 7) is 1.95. The van der Waals surface area contributed by atoms with Crippen molar-refractivity contribution >= 4 is 39.5 Å². The maximum absolute atomic E-state index is 11.6. The number of carbonyl (C=O) groups excluding carboxylic acids is 2. The molecule has 0 aromatic heterocycles. The van der Waals surface area contributed by atoms with Crippen LogP contribution < -0.4 is 11.1 Å². The van der Waals surface area contributed by atoms with Crippen molar-refractivity contribution < 1.29 is 9.59 Å². The van der Waals surface area contributed by atoms with Crippen LogP contribution in [0.4, 0.5) is 0 Å². The van der Waals surface area contributed by atoms with Gasteiger partial charge >= 0.3 is 0 Å². The topological polar surface area (TPSA) is 72.2 Å². The fraction of sp³-hybridized carbons (Fsp3) is 0.385. The molecule has 0 bridgehead atoms. The van der Waals surface area contributed by atoms with Crippen LogP contribution in [0.2, 0.25) is 0 Å². The van der Waals surface area contributed by atoms with E-state index in [0.717, 1.165) is 16.5 Å². The van der Waals surface area contributed by atoms with Crippen LogP contribution in [0.25, 0.3) is 0 Å². The van der Waals surface area contributed by atoms with Gasteiger partial charge in [0.15, 0.2) is 0 Å². The Balaban J connectivity index is 2.34. The van der Waals surface area contributed by atoms with Crippen LogP contribution in [-0.4, -0.2) is 29.4 Å². The predicted octanol–water partition coefficient (Wildman–Crippen LogP) is 1.71. The van der Waals surface area contributed by atoms with E-state index in [-0.39, 0.29) is 23.5 Å². The molecule has 6 heteroatoms. The summed E-state index contributed by atoms with van der Waals surface area (Å²) in [6, 6.07) is 7.97. The summed E-state index contributed by atoms with van der Waals surface area (Å²) in [5, 5.41) is 2.90. The second-order valence-electron chi connectivity index (χ2n) is 4.22. The van der Waals surface area contributed by atoms with Crippen LogP contribution >= 0.6 is 27.7 Å². The molecule has 0 spiro atoms. The highest BCUT2D eigenvalue weighted by atomic mass is 79.9. The lowest BCUT2D eigenvalue weighted by Gasteiger charge is -2.14. The van der Waals surface area contributed by atoms with E-state index in [9.17, 15) is 9.59 Å². The van der Waals surface area contributed by atoms with Crippen LogP contribution in [-0.2, 0) is 16.0 Å². The minimum Gasteiger partial charge on any atom is -0.369 e. The van der Waals surface area contributed by atoms with E-state index in [4.69, 9.17) is 5.73 Å². The lowest BCUT2D eigenvalue weighted by molar-refractivity contribution is -0.119. The smallest absolute Gasteiger partial charge is 0.230 e. The molecule has 0 saturated carbocycles. The van der Waals surface area contributed by atoms with Crippen LogP contribution in [0.3, 0.4) is 0 Å². The summed E-state index contributed by atoms with van der Waals surface area (Å²) >= 11 is 4.71. The van der Waals surface area contributed by atoms with Gasteiger partial charge in [0.2, 0.25) is 11.8 Å². The monoisotopic (exact) mass is 344 g/mol. The third-order valence-electron chi connectivity index (χ3n) is 2.37. The van der Waals surface area contributed by atoms with Crippen molar-refractivity contribution in [1.82, 2.24) is 5.32 Å². The molecule has 3 N–H and O–H groups in total. The van der Waals surface area contributed by atoms with Crippen LogP contribution in [0.15, 0.2) is 28.7 Å². The van der Waals surface area contributed by atoms with Crippen LogP contribution in [0, 0.1) is 0 Å². The SMILES string of the molecule is C[C@H](Cc1ccccc1Br)NC(=O)CSCC(N)=O. The zero-order valence-electron chi connectivity index (χ0n) is 10.7. The highest BCUT2D eigenvalue weighted by Gasteiger charge is 2.10. The van der Waals surface area contributed by atoms with Crippen LogP contribution in [0.5, 0.6) is 0 Å². The summed E-state index contributed by atoms with van der Waals surface area (Å²) in [6.07, 6.45) is 0.758. The van der Waals surface area contributed by atoms with Crippen molar-refractivity contribution in [3.8, 4) is 0 Å². The van der Waals surface area contributed by atoms with Gasteiger partial charge in [0.05, 0.1) is 11.5 Å². The molecule has 0 aliphatic carbocycles. The van der Waals surface area contributed by atoms with E-state index >= 15 is 0 Å². The normalized spacial score (nSPS) is 11.9. The number of primary amides is 1. The number of halogens is 1. The second-order valence-corrected chi connectivity index (χ2v) is 6.06. The summed E-state index contributed by atoms with van der Waals surface area (Å²) in [5.41, 5.74) is 6.15. The minimum absolute atomic E-state index is 0.0420. The van der Waals surface area contributed by atoms with E-state index in [0.29, 0.717) is 0 Å². The Labute approximate surface area is 125 Å². The molecule has 0 unspecified atom stereocenters. The van der Waals surface area contributed by atoms with Gasteiger partial charge < -0.3 is 11.1 Å². The molecule has 0 heterocycles. The highest BCUT2D eigenvalue weighted by molar-refractivity contribution is 9.10. The number of carbonyl (C=O) groups is 2. The van der Waals surface area contributed by atoms with Crippen molar-refractivity contribution in [2.45, 2.75) is 19.4 Å². The summed E-state index contributed by atoms with van der Waals surface area (Å²) in [5.74, 6) is -0.0557. The molecule has 2 amide bonds. The van der Waals surface area contributed by atoms with Crippen molar-refractivity contribution in [1.29, 1.82) is 0 Å². The fourth-order valence-corrected chi connectivity index (χ4v) is 2.62. The van der Waals surface area contributed by atoms with Crippen molar-refractivity contribution in [3.05, 3.63) is 34.3 Å². The largest absolute Gasteiger partial charge is 0.369 e. The van der Waals surface area contributed by atoms with Gasteiger partial charge in [-0.3, -0.25) is 9.59 Å². The van der Waals surface area contributed by atoms with Gasteiger partial charge in [-0.25, -0.2) is 0 Å². The Kier molecular flexibility index (Phi) is 6.94. The second kappa shape index (κ2) is 8.22. The Morgan fingerprint density at radius 3 is 2.68 bits per heavy atom. The third-order valence-corrected chi connectivity index (χ3v) is 4.10. The van der Waals surface area contributed by atoms with Crippen molar-refractivity contribution in [2.75, 3.05) is 11.5 Å². The Morgan fingerprint density at radius 1 is 1.37 bits per heavy atom. The zero-order valence-corrected chi connectivity index (χ0v) is 13.1. The standard InChI is InChI=1S/C13H17BrN2O2S/c1-9(6-10-4-2-3-5-11(10)14)16-13(18)8-19-7-12(15)17/h2-5,9H,6-8H2,1H3,(H2,15,17)(H,16,18)/t9-/m1/s1. The molecule has 0 saturated heterocycles. The molecule has 0 fully saturated rings. The lowest BCUT2D eigenvalue weighted by atomic mass is 10.1. The van der Waals surface area contributed by atoms with E-state index in [1.165, 1.54) is 11.8 Å². The van der Waals surface area contributed by atoms with Gasteiger partial charge in [-0.2, -0.15) is 0 Å². The number of nitrogens with two attached hydrogens (primary N) is 1. The van der Waals surface area contributed by atoms with Crippen LogP contribution in [0.1, 0.15) is 12.5 Å². The Hall–Kier alpha value is -1.01. The molecule has 1 rings (SSSR count). The van der Waals surface area contributed by atoms with E-state index < -0.39 is 5.91 Å². The number of rotatable bonds is 7. The first kappa shape index (κ1) is 16.0. The summed E-state index contributed by atoms with van der Waals surface area (Å²) in [7, 11) is 0. The van der Waals surface area contributed by atoms with E-state index in [1.807, 2.05) is 31.2 Å². The number of amides is 2. The molecular weight excluding hydrogens is 328 g/mol. The van der Waals surface area contributed by atoms with Gasteiger partial charge in [-0.05, 0) is 25.0 Å². The number of hydrogen-bond donors (Lipinski definition) is 2. The molecule has 1 aromatic carbocycles. The maximum atomic E-state index is 11.6. The zero-order chi connectivity index (χ0) is 14.3. The third kappa shape index (κ3) is 6.63. The molecule has 1 aromatic rings. The number of nitrogens with one attached hydrogen (secondary N) is 1. The number of benzene rings is 1. The summed E-state index contributed by atoms with van der Waals surface area (Å²) in [4.78, 5) is 22.2. The molecule has 104 valence electrons. The fourth-order valence-electron chi connectivity index (χ4n) is 1.61. The van der Waals surface area contributed by atoms with Gasteiger partial charge in [0.1, 0.15) is 0 Å². The average molecular weight is 345 g/mol. The van der Waals surface area contributed by atoms with E-state index in [1.54, 1.807) is 0 Å². The first-order valence-electron chi connectivity index (χ1n) is 5.88. The van der Waals surface area contributed by atoms with E-state index in [2.05, 4.69) is 21.2 Å². The molecule has 1 atom stereocenters. The first-order valence-corrected chi connectivity index (χ1v) is 7.82. The van der Waals surface area contributed by atoms with Gasteiger partial charge in [0.25, 0.3) is 0 Å². The lowest BCUT2D eigenvalue weighted by Crippen LogP contribution is -2.35. The predicted molar refractivity (Wildman–Crippen MR) is 82.0 cm³/mol. The van der Waals surface area contributed by atoms with Crippen molar-refractivity contribution in [3.63, 3.8) is 0 Å². The molecule has 0 aliphatic rings. The number of thioether (sulfide) groups is 1. The average Bonchev–Trinajstić information content (AvgIpc) is 2.31. The highest BCUT2D eigenvalue weighted by Crippen LogP contribution is 2.17. The summed E-state index contributed by atoms with van der Waals surface area (Å²) < 4.78 is 1.04. The first-order chi connectivity index (χ1) is 8.99.